The maximum absolute atomic E-state index is 13.2. The van der Waals surface area contributed by atoms with Gasteiger partial charge in [0, 0.05) is 48.7 Å². The van der Waals surface area contributed by atoms with Crippen LogP contribution in [-0.2, 0) is 25.7 Å². The summed E-state index contributed by atoms with van der Waals surface area (Å²) in [4.78, 5) is 54.0. The van der Waals surface area contributed by atoms with Crippen molar-refractivity contribution < 1.29 is 24.3 Å². The van der Waals surface area contributed by atoms with Gasteiger partial charge in [-0.1, -0.05) is 6.92 Å². The predicted octanol–water partition coefficient (Wildman–Crippen LogP) is -0.620. The fourth-order valence-corrected chi connectivity index (χ4v) is 7.13. The number of nitrogens with zero attached hydrogens (tertiary/aromatic N) is 6. The lowest BCUT2D eigenvalue weighted by Gasteiger charge is -2.47. The summed E-state index contributed by atoms with van der Waals surface area (Å²) in [5.41, 5.74) is 0.0208. The Morgan fingerprint density at radius 3 is 2.68 bits per heavy atom. The second-order valence-electron chi connectivity index (χ2n) is 10.5. The number of fused-ring (bicyclic) bond motifs is 1. The normalized spacial score (nSPS) is 29.7. The molecule has 0 bridgehead atoms. The third-order valence-corrected chi connectivity index (χ3v) is 9.15. The monoisotopic (exact) mass is 532 g/mol. The minimum absolute atomic E-state index is 0.00967. The maximum atomic E-state index is 13.2. The SMILES string of the molecule is CC(NC(=O)Cn1nnnc1C1CC1)[C@H]1C(=O)N2C(C(=O)O)=C(S[C@@H]3CN[C@H](C(=O)N(C)C)C3)[C@H](C)[C@H]12. The quantitative estimate of drug-likeness (QED) is 0.349. The fourth-order valence-electron chi connectivity index (χ4n) is 5.65. The Kier molecular flexibility index (Phi) is 6.73. The highest BCUT2D eigenvalue weighted by atomic mass is 32.2. The number of amides is 3. The molecule has 0 aromatic carbocycles. The van der Waals surface area contributed by atoms with E-state index in [-0.39, 0.29) is 53.2 Å². The van der Waals surface area contributed by atoms with Gasteiger partial charge in [-0.3, -0.25) is 14.4 Å². The number of hydrogen-bond donors (Lipinski definition) is 3. The standard InChI is InChI=1S/C23H32N8O5S/c1-10-17-16(11(2)25-15(32)9-30-20(12-5-6-12)26-27-28-30)22(34)31(17)18(23(35)36)19(10)37-13-7-14(24-8-13)21(33)29(3)4/h10-14,16-17,24H,5-9H2,1-4H3,(H,25,32)(H,35,36)/t10-,11?,13+,14+,16-,17-/m1/s1. The molecule has 3 N–H and O–H groups in total. The van der Waals surface area contributed by atoms with E-state index in [2.05, 4.69) is 26.2 Å². The number of rotatable bonds is 9. The number of tetrazole rings is 1. The molecule has 3 amide bonds. The molecule has 1 saturated carbocycles. The van der Waals surface area contributed by atoms with Crippen molar-refractivity contribution >= 4 is 35.5 Å². The zero-order valence-electron chi connectivity index (χ0n) is 21.2. The van der Waals surface area contributed by atoms with E-state index in [0.717, 1.165) is 12.8 Å². The van der Waals surface area contributed by atoms with Gasteiger partial charge >= 0.3 is 5.97 Å². The third-order valence-electron chi connectivity index (χ3n) is 7.64. The molecule has 1 aromatic heterocycles. The van der Waals surface area contributed by atoms with E-state index in [1.165, 1.54) is 21.3 Å². The van der Waals surface area contributed by atoms with Gasteiger partial charge in [-0.05, 0) is 36.6 Å². The van der Waals surface area contributed by atoms with Crippen molar-refractivity contribution in [1.29, 1.82) is 0 Å². The van der Waals surface area contributed by atoms with E-state index in [4.69, 9.17) is 0 Å². The average Bonchev–Trinajstić information content (AvgIpc) is 3.28. The summed E-state index contributed by atoms with van der Waals surface area (Å²) in [7, 11) is 3.42. The summed E-state index contributed by atoms with van der Waals surface area (Å²) in [5.74, 6) is -1.49. The summed E-state index contributed by atoms with van der Waals surface area (Å²) in [6, 6.07) is -1.14. The van der Waals surface area contributed by atoms with Crippen LogP contribution in [0.4, 0.5) is 0 Å². The molecular weight excluding hydrogens is 500 g/mol. The lowest BCUT2D eigenvalue weighted by molar-refractivity contribution is -0.158. The minimum Gasteiger partial charge on any atom is -0.477 e. The first-order valence-electron chi connectivity index (χ1n) is 12.6. The van der Waals surface area contributed by atoms with Crippen LogP contribution in [0.25, 0.3) is 0 Å². The molecule has 200 valence electrons. The van der Waals surface area contributed by atoms with Crippen molar-refractivity contribution in [1.82, 2.24) is 40.6 Å². The Bertz CT molecular complexity index is 1160. The van der Waals surface area contributed by atoms with Crippen LogP contribution in [0.15, 0.2) is 10.6 Å². The lowest BCUT2D eigenvalue weighted by Crippen LogP contribution is -2.66. The van der Waals surface area contributed by atoms with Gasteiger partial charge in [0.05, 0.1) is 18.0 Å². The van der Waals surface area contributed by atoms with Gasteiger partial charge in [0.1, 0.15) is 12.2 Å². The number of thioether (sulfide) groups is 1. The van der Waals surface area contributed by atoms with Crippen LogP contribution in [0.2, 0.25) is 0 Å². The average molecular weight is 533 g/mol. The Balaban J connectivity index is 1.24. The van der Waals surface area contributed by atoms with Crippen molar-refractivity contribution in [3.8, 4) is 0 Å². The van der Waals surface area contributed by atoms with Gasteiger partial charge < -0.3 is 25.5 Å². The number of nitrogens with one attached hydrogen (secondary N) is 2. The van der Waals surface area contributed by atoms with Crippen LogP contribution >= 0.6 is 11.8 Å². The molecule has 1 aromatic rings. The highest BCUT2D eigenvalue weighted by Gasteiger charge is 2.60. The zero-order valence-corrected chi connectivity index (χ0v) is 22.1. The largest absolute Gasteiger partial charge is 0.477 e. The number of β-lactam (4-membered cyclic amide) rings is 1. The van der Waals surface area contributed by atoms with Crippen molar-refractivity contribution in [2.45, 2.75) is 68.9 Å². The number of aliphatic carboxylic acids is 1. The Hall–Kier alpha value is -3.00. The summed E-state index contributed by atoms with van der Waals surface area (Å²) in [5, 5.41) is 27.7. The molecule has 4 heterocycles. The number of carbonyl (C=O) groups excluding carboxylic acids is 3. The molecule has 0 radical (unpaired) electrons. The number of hydrogen-bond acceptors (Lipinski definition) is 9. The van der Waals surface area contributed by atoms with Crippen molar-refractivity contribution in [3.63, 3.8) is 0 Å². The van der Waals surface area contributed by atoms with Crippen LogP contribution in [0, 0.1) is 11.8 Å². The molecule has 1 aliphatic carbocycles. The summed E-state index contributed by atoms with van der Waals surface area (Å²) >= 11 is 1.44. The van der Waals surface area contributed by atoms with Crippen LogP contribution in [-0.4, -0.2) is 103 Å². The van der Waals surface area contributed by atoms with Gasteiger partial charge in [-0.15, -0.1) is 16.9 Å². The molecule has 5 rings (SSSR count). The highest BCUT2D eigenvalue weighted by molar-refractivity contribution is 8.03. The molecule has 2 saturated heterocycles. The zero-order chi connectivity index (χ0) is 26.6. The van der Waals surface area contributed by atoms with Crippen LogP contribution in [0.3, 0.4) is 0 Å². The molecule has 3 fully saturated rings. The molecule has 0 spiro atoms. The summed E-state index contributed by atoms with van der Waals surface area (Å²) in [6.07, 6.45) is 2.60. The van der Waals surface area contributed by atoms with Gasteiger partial charge in [-0.25, -0.2) is 9.48 Å². The second-order valence-corrected chi connectivity index (χ2v) is 11.9. The first-order valence-corrected chi connectivity index (χ1v) is 13.4. The molecule has 4 aliphatic rings. The predicted molar refractivity (Wildman–Crippen MR) is 132 cm³/mol. The molecule has 13 nitrogen and oxygen atoms in total. The Labute approximate surface area is 218 Å². The molecule has 14 heteroatoms. The molecular formula is C23H32N8O5S. The summed E-state index contributed by atoms with van der Waals surface area (Å²) < 4.78 is 1.50. The number of aromatic nitrogens is 4. The number of likely N-dealkylation sites (N-methyl/N-ethyl adjacent to an activating group) is 1. The van der Waals surface area contributed by atoms with E-state index >= 15 is 0 Å². The first kappa shape index (κ1) is 25.6. The lowest BCUT2D eigenvalue weighted by atomic mass is 9.78. The minimum atomic E-state index is -1.14. The number of carboxylic acid groups (broad SMARTS) is 1. The van der Waals surface area contributed by atoms with E-state index in [1.807, 2.05) is 6.92 Å². The van der Waals surface area contributed by atoms with Crippen LogP contribution in [0.5, 0.6) is 0 Å². The van der Waals surface area contributed by atoms with Gasteiger partial charge in [-0.2, -0.15) is 0 Å². The van der Waals surface area contributed by atoms with E-state index in [0.29, 0.717) is 29.6 Å². The maximum Gasteiger partial charge on any atom is 0.353 e. The summed E-state index contributed by atoms with van der Waals surface area (Å²) in [6.45, 7) is 4.25. The Morgan fingerprint density at radius 2 is 2.03 bits per heavy atom. The molecule has 6 atom stereocenters. The topological polar surface area (TPSA) is 163 Å². The molecule has 37 heavy (non-hydrogen) atoms. The number of carbonyl (C=O) groups is 4. The fraction of sp³-hybridized carbons (Fsp3) is 0.696. The second kappa shape index (κ2) is 9.71. The van der Waals surface area contributed by atoms with E-state index in [9.17, 15) is 24.3 Å². The van der Waals surface area contributed by atoms with Gasteiger partial charge in [0.15, 0.2) is 5.82 Å². The molecule has 3 aliphatic heterocycles. The van der Waals surface area contributed by atoms with Gasteiger partial charge in [0.2, 0.25) is 17.7 Å². The first-order chi connectivity index (χ1) is 17.6. The molecule has 1 unspecified atom stereocenters. The van der Waals surface area contributed by atoms with Gasteiger partial charge in [0.25, 0.3) is 0 Å². The Morgan fingerprint density at radius 1 is 1.30 bits per heavy atom. The van der Waals surface area contributed by atoms with Crippen LogP contribution in [0.1, 0.15) is 44.9 Å². The van der Waals surface area contributed by atoms with E-state index < -0.39 is 17.9 Å². The van der Waals surface area contributed by atoms with Crippen molar-refractivity contribution in [2.75, 3.05) is 20.6 Å². The van der Waals surface area contributed by atoms with Crippen LogP contribution < -0.4 is 10.6 Å². The number of carboxylic acids is 1. The van der Waals surface area contributed by atoms with Crippen molar-refractivity contribution in [3.05, 3.63) is 16.4 Å². The third kappa shape index (κ3) is 4.60. The van der Waals surface area contributed by atoms with Crippen molar-refractivity contribution in [2.24, 2.45) is 11.8 Å². The highest BCUT2D eigenvalue weighted by Crippen LogP contribution is 2.51. The smallest absolute Gasteiger partial charge is 0.353 e. The van der Waals surface area contributed by atoms with E-state index in [1.54, 1.807) is 25.9 Å².